The first-order valence-electron chi connectivity index (χ1n) is 6.50. The molecule has 19 heavy (non-hydrogen) atoms. The number of carbonyl (C=O) groups excluding carboxylic acids is 2. The van der Waals surface area contributed by atoms with Gasteiger partial charge in [-0.05, 0) is 47.6 Å². The Kier molecular flexibility index (Phi) is 3.47. The second-order valence-electron chi connectivity index (χ2n) is 5.15. The van der Waals surface area contributed by atoms with Crippen LogP contribution in [-0.2, 0) is 9.59 Å². The minimum Gasteiger partial charge on any atom is -0.339 e. The Morgan fingerprint density at radius 2 is 2.05 bits per heavy atom. The molecule has 1 aromatic rings. The van der Waals surface area contributed by atoms with Gasteiger partial charge >= 0.3 is 0 Å². The summed E-state index contributed by atoms with van der Waals surface area (Å²) in [4.78, 5) is 25.9. The molecule has 1 aliphatic heterocycles. The van der Waals surface area contributed by atoms with Crippen molar-refractivity contribution in [3.05, 3.63) is 27.8 Å². The molecule has 1 saturated heterocycles. The lowest BCUT2D eigenvalue weighted by atomic mass is 10.1. The topological polar surface area (TPSA) is 49.4 Å². The number of amides is 2. The molecule has 1 saturated carbocycles. The predicted octanol–water partition coefficient (Wildman–Crippen LogP) is 2.24. The van der Waals surface area contributed by atoms with E-state index in [4.69, 9.17) is 0 Å². The fourth-order valence-electron chi connectivity index (χ4n) is 2.44. The number of nitrogens with one attached hydrogen (secondary N) is 1. The Morgan fingerprint density at radius 1 is 1.32 bits per heavy atom. The molecular formula is C14H15IN2O2. The van der Waals surface area contributed by atoms with Crippen molar-refractivity contribution in [3.8, 4) is 0 Å². The van der Waals surface area contributed by atoms with E-state index in [1.165, 1.54) is 0 Å². The second kappa shape index (κ2) is 5.11. The monoisotopic (exact) mass is 370 g/mol. The lowest BCUT2D eigenvalue weighted by Crippen LogP contribution is -2.30. The minimum absolute atomic E-state index is 0.0411. The Labute approximate surface area is 125 Å². The van der Waals surface area contributed by atoms with E-state index in [2.05, 4.69) is 27.9 Å². The van der Waals surface area contributed by atoms with E-state index in [0.717, 1.165) is 22.1 Å². The van der Waals surface area contributed by atoms with Crippen LogP contribution in [0.1, 0.15) is 19.3 Å². The Hall–Kier alpha value is -1.11. The first-order chi connectivity index (χ1) is 9.15. The van der Waals surface area contributed by atoms with Crippen molar-refractivity contribution < 1.29 is 9.59 Å². The van der Waals surface area contributed by atoms with E-state index in [-0.39, 0.29) is 17.7 Å². The molecule has 1 atom stereocenters. The Bertz CT molecular complexity index is 528. The van der Waals surface area contributed by atoms with Crippen molar-refractivity contribution in [2.24, 2.45) is 5.92 Å². The average Bonchev–Trinajstić information content (AvgIpc) is 3.15. The minimum atomic E-state index is -0.205. The summed E-state index contributed by atoms with van der Waals surface area (Å²) in [6.45, 7) is 0.582. The largest absolute Gasteiger partial charge is 0.339 e. The molecule has 1 aromatic carbocycles. The number of hydrogen-bond acceptors (Lipinski definition) is 2. The van der Waals surface area contributed by atoms with Crippen LogP contribution in [0.2, 0.25) is 0 Å². The van der Waals surface area contributed by atoms with E-state index >= 15 is 0 Å². The smallest absolute Gasteiger partial charge is 0.229 e. The predicted molar refractivity (Wildman–Crippen MR) is 80.6 cm³/mol. The van der Waals surface area contributed by atoms with Gasteiger partial charge in [0, 0.05) is 22.6 Å². The van der Waals surface area contributed by atoms with Gasteiger partial charge in [0.05, 0.1) is 11.6 Å². The lowest BCUT2D eigenvalue weighted by molar-refractivity contribution is -0.128. The van der Waals surface area contributed by atoms with Crippen LogP contribution in [0.4, 0.5) is 5.69 Å². The standard InChI is InChI=1S/C14H15IN2O2/c15-11-3-1-2-4-12(11)16-14(19)9-7-13(18)17(8-9)10-5-6-10/h1-4,9-10H,5-8H2,(H,16,19). The van der Waals surface area contributed by atoms with Crippen molar-refractivity contribution in [2.75, 3.05) is 11.9 Å². The highest BCUT2D eigenvalue weighted by Gasteiger charge is 2.41. The van der Waals surface area contributed by atoms with Gasteiger partial charge in [0.2, 0.25) is 11.8 Å². The van der Waals surface area contributed by atoms with E-state index in [1.54, 1.807) is 0 Å². The maximum atomic E-state index is 12.2. The third-order valence-electron chi connectivity index (χ3n) is 3.65. The van der Waals surface area contributed by atoms with Gasteiger partial charge < -0.3 is 10.2 Å². The summed E-state index contributed by atoms with van der Waals surface area (Å²) >= 11 is 2.19. The van der Waals surface area contributed by atoms with Gasteiger partial charge in [0.1, 0.15) is 0 Å². The molecule has 0 bridgehead atoms. The summed E-state index contributed by atoms with van der Waals surface area (Å²) in [6, 6.07) is 8.07. The lowest BCUT2D eigenvalue weighted by Gasteiger charge is -2.15. The normalized spacial score (nSPS) is 22.7. The summed E-state index contributed by atoms with van der Waals surface area (Å²) in [5.41, 5.74) is 0.824. The molecule has 1 aliphatic carbocycles. The zero-order chi connectivity index (χ0) is 13.4. The van der Waals surface area contributed by atoms with Crippen molar-refractivity contribution in [1.29, 1.82) is 0 Å². The highest BCUT2D eigenvalue weighted by Crippen LogP contribution is 2.33. The molecule has 0 aromatic heterocycles. The molecule has 2 fully saturated rings. The summed E-state index contributed by atoms with van der Waals surface area (Å²) in [7, 11) is 0. The number of halogens is 1. The number of rotatable bonds is 3. The van der Waals surface area contributed by atoms with Crippen LogP contribution in [0, 0.1) is 9.49 Å². The molecule has 4 nitrogen and oxygen atoms in total. The zero-order valence-corrected chi connectivity index (χ0v) is 12.6. The fourth-order valence-corrected chi connectivity index (χ4v) is 2.97. The third-order valence-corrected chi connectivity index (χ3v) is 4.59. The van der Waals surface area contributed by atoms with Gasteiger partial charge in [-0.15, -0.1) is 0 Å². The number of para-hydroxylation sites is 1. The van der Waals surface area contributed by atoms with Crippen LogP contribution in [-0.4, -0.2) is 29.3 Å². The van der Waals surface area contributed by atoms with Crippen molar-refractivity contribution in [1.82, 2.24) is 4.90 Å². The van der Waals surface area contributed by atoms with E-state index < -0.39 is 0 Å². The molecule has 0 radical (unpaired) electrons. The SMILES string of the molecule is O=C(Nc1ccccc1I)C1CC(=O)N(C2CC2)C1. The quantitative estimate of drug-likeness (QED) is 0.830. The maximum Gasteiger partial charge on any atom is 0.229 e. The first-order valence-corrected chi connectivity index (χ1v) is 7.58. The molecule has 1 N–H and O–H groups in total. The van der Waals surface area contributed by atoms with Gasteiger partial charge in [-0.3, -0.25) is 9.59 Å². The van der Waals surface area contributed by atoms with Gasteiger partial charge in [-0.25, -0.2) is 0 Å². The number of likely N-dealkylation sites (tertiary alicyclic amines) is 1. The third kappa shape index (κ3) is 2.75. The highest BCUT2D eigenvalue weighted by atomic mass is 127. The summed E-state index contributed by atoms with van der Waals surface area (Å²) < 4.78 is 1.01. The number of benzene rings is 1. The molecule has 0 spiro atoms. The van der Waals surface area contributed by atoms with Crippen LogP contribution < -0.4 is 5.32 Å². The van der Waals surface area contributed by atoms with Gasteiger partial charge in [-0.2, -0.15) is 0 Å². The van der Waals surface area contributed by atoms with Crippen LogP contribution in [0.25, 0.3) is 0 Å². The molecule has 1 unspecified atom stereocenters. The van der Waals surface area contributed by atoms with Crippen LogP contribution in [0.5, 0.6) is 0 Å². The Morgan fingerprint density at radius 3 is 2.74 bits per heavy atom. The van der Waals surface area contributed by atoms with Crippen LogP contribution >= 0.6 is 22.6 Å². The average molecular weight is 370 g/mol. The first kappa shape index (κ1) is 12.9. The van der Waals surface area contributed by atoms with Crippen LogP contribution in [0.3, 0.4) is 0 Å². The second-order valence-corrected chi connectivity index (χ2v) is 6.31. The van der Waals surface area contributed by atoms with Gasteiger partial charge in [-0.1, -0.05) is 12.1 Å². The van der Waals surface area contributed by atoms with Crippen molar-refractivity contribution in [2.45, 2.75) is 25.3 Å². The van der Waals surface area contributed by atoms with Gasteiger partial charge in [0.15, 0.2) is 0 Å². The van der Waals surface area contributed by atoms with Crippen molar-refractivity contribution >= 4 is 40.1 Å². The van der Waals surface area contributed by atoms with Gasteiger partial charge in [0.25, 0.3) is 0 Å². The zero-order valence-electron chi connectivity index (χ0n) is 10.4. The maximum absolute atomic E-state index is 12.2. The van der Waals surface area contributed by atoms with Crippen molar-refractivity contribution in [3.63, 3.8) is 0 Å². The molecular weight excluding hydrogens is 355 g/mol. The number of carbonyl (C=O) groups is 2. The molecule has 3 rings (SSSR count). The summed E-state index contributed by atoms with van der Waals surface area (Å²) in [5.74, 6) is -0.116. The number of hydrogen-bond donors (Lipinski definition) is 1. The van der Waals surface area contributed by atoms with E-state index in [0.29, 0.717) is 19.0 Å². The fraction of sp³-hybridized carbons (Fsp3) is 0.429. The highest BCUT2D eigenvalue weighted by molar-refractivity contribution is 14.1. The summed E-state index contributed by atoms with van der Waals surface area (Å²) in [5, 5.41) is 2.93. The molecule has 100 valence electrons. The molecule has 2 aliphatic rings. The van der Waals surface area contributed by atoms with Crippen LogP contribution in [0.15, 0.2) is 24.3 Å². The summed E-state index contributed by atoms with van der Waals surface area (Å²) in [6.07, 6.45) is 2.54. The van der Waals surface area contributed by atoms with E-state index in [1.807, 2.05) is 29.2 Å². The van der Waals surface area contributed by atoms with E-state index in [9.17, 15) is 9.59 Å². The molecule has 5 heteroatoms. The number of nitrogens with zero attached hydrogens (tertiary/aromatic N) is 1. The Balaban J connectivity index is 1.65. The number of anilines is 1. The molecule has 2 amide bonds. The molecule has 1 heterocycles.